The predicted octanol–water partition coefficient (Wildman–Crippen LogP) is 6.50. The summed E-state index contributed by atoms with van der Waals surface area (Å²) >= 11 is 0. The van der Waals surface area contributed by atoms with Gasteiger partial charge in [0, 0.05) is 0 Å². The number of ether oxygens (including phenoxy) is 1. The Morgan fingerprint density at radius 1 is 0.828 bits per heavy atom. The van der Waals surface area contributed by atoms with Crippen molar-refractivity contribution in [2.24, 2.45) is 0 Å². The van der Waals surface area contributed by atoms with E-state index in [1.165, 1.54) is 56.9 Å². The first kappa shape index (κ1) is 25.6. The van der Waals surface area contributed by atoms with Gasteiger partial charge in [0.1, 0.15) is 0 Å². The van der Waals surface area contributed by atoms with Crippen molar-refractivity contribution in [1.82, 2.24) is 0 Å². The Morgan fingerprint density at radius 2 is 1.34 bits per heavy atom. The normalized spacial score (nSPS) is 13.3. The molecule has 2 atom stereocenters. The molecule has 0 saturated carbocycles. The summed E-state index contributed by atoms with van der Waals surface area (Å²) in [5.74, 6) is -1.12. The van der Waals surface area contributed by atoms with Gasteiger partial charge in [-0.3, -0.25) is 0 Å². The first-order valence-corrected chi connectivity index (χ1v) is 11.7. The smallest absolute Gasteiger partial charge is 0.332 e. The SMILES string of the molecule is CCCCCCCCCCC(CCCCCC(O)C(=O)O)OCc1ccccc1. The monoisotopic (exact) mass is 406 g/mol. The van der Waals surface area contributed by atoms with E-state index < -0.39 is 12.1 Å². The zero-order valence-corrected chi connectivity index (χ0v) is 18.4. The summed E-state index contributed by atoms with van der Waals surface area (Å²) in [6.45, 7) is 2.91. The minimum atomic E-state index is -1.22. The number of aliphatic hydroxyl groups excluding tert-OH is 1. The second-order valence-corrected chi connectivity index (χ2v) is 8.17. The third-order valence-electron chi connectivity index (χ3n) is 5.50. The maximum atomic E-state index is 10.7. The molecular weight excluding hydrogens is 364 g/mol. The van der Waals surface area contributed by atoms with E-state index in [1.807, 2.05) is 18.2 Å². The van der Waals surface area contributed by atoms with Crippen molar-refractivity contribution in [3.05, 3.63) is 35.9 Å². The highest BCUT2D eigenvalue weighted by Crippen LogP contribution is 2.18. The van der Waals surface area contributed by atoms with Gasteiger partial charge in [-0.15, -0.1) is 0 Å². The van der Waals surface area contributed by atoms with E-state index in [1.54, 1.807) is 0 Å². The molecule has 0 heterocycles. The number of carboxylic acid groups (broad SMARTS) is 1. The summed E-state index contributed by atoms with van der Waals surface area (Å²) in [7, 11) is 0. The van der Waals surface area contributed by atoms with Gasteiger partial charge >= 0.3 is 5.97 Å². The Balaban J connectivity index is 2.24. The number of aliphatic carboxylic acids is 1. The van der Waals surface area contributed by atoms with Crippen molar-refractivity contribution >= 4 is 5.97 Å². The molecule has 1 rings (SSSR count). The van der Waals surface area contributed by atoms with Gasteiger partial charge in [0.05, 0.1) is 12.7 Å². The second kappa shape index (κ2) is 17.5. The van der Waals surface area contributed by atoms with Crippen LogP contribution in [0.2, 0.25) is 0 Å². The van der Waals surface area contributed by atoms with E-state index in [9.17, 15) is 9.90 Å². The maximum absolute atomic E-state index is 10.7. The Morgan fingerprint density at radius 3 is 1.93 bits per heavy atom. The lowest BCUT2D eigenvalue weighted by molar-refractivity contribution is -0.146. The highest BCUT2D eigenvalue weighted by atomic mass is 16.5. The van der Waals surface area contributed by atoms with Crippen molar-refractivity contribution in [2.75, 3.05) is 0 Å². The Labute approximate surface area is 177 Å². The van der Waals surface area contributed by atoms with E-state index in [2.05, 4.69) is 19.1 Å². The lowest BCUT2D eigenvalue weighted by atomic mass is 10.0. The molecule has 0 amide bonds. The van der Waals surface area contributed by atoms with Crippen LogP contribution >= 0.6 is 0 Å². The summed E-state index contributed by atoms with van der Waals surface area (Å²) in [4.78, 5) is 10.7. The fourth-order valence-electron chi connectivity index (χ4n) is 3.62. The summed E-state index contributed by atoms with van der Waals surface area (Å²) in [5.41, 5.74) is 1.21. The van der Waals surface area contributed by atoms with Gasteiger partial charge in [-0.05, 0) is 24.8 Å². The van der Waals surface area contributed by atoms with Crippen molar-refractivity contribution in [3.8, 4) is 0 Å². The van der Waals surface area contributed by atoms with Crippen LogP contribution in [0.15, 0.2) is 30.3 Å². The number of hydrogen-bond donors (Lipinski definition) is 2. The molecule has 0 aliphatic heterocycles. The van der Waals surface area contributed by atoms with Crippen LogP contribution in [0.1, 0.15) is 102 Å². The lowest BCUT2D eigenvalue weighted by Gasteiger charge is -2.18. The van der Waals surface area contributed by atoms with Crippen molar-refractivity contribution in [1.29, 1.82) is 0 Å². The summed E-state index contributed by atoms with van der Waals surface area (Å²) in [6, 6.07) is 10.3. The molecule has 0 radical (unpaired) electrons. The van der Waals surface area contributed by atoms with Crippen LogP contribution in [-0.2, 0) is 16.1 Å². The number of carbonyl (C=O) groups is 1. The molecule has 2 unspecified atom stereocenters. The first-order valence-electron chi connectivity index (χ1n) is 11.7. The van der Waals surface area contributed by atoms with Crippen LogP contribution in [0.5, 0.6) is 0 Å². The van der Waals surface area contributed by atoms with E-state index in [4.69, 9.17) is 9.84 Å². The van der Waals surface area contributed by atoms with E-state index in [-0.39, 0.29) is 6.10 Å². The number of rotatable bonds is 19. The minimum Gasteiger partial charge on any atom is -0.479 e. The number of hydrogen-bond acceptors (Lipinski definition) is 3. The quantitative estimate of drug-likeness (QED) is 0.257. The highest BCUT2D eigenvalue weighted by Gasteiger charge is 2.13. The largest absolute Gasteiger partial charge is 0.479 e. The number of unbranched alkanes of at least 4 members (excludes halogenated alkanes) is 9. The predicted molar refractivity (Wildman–Crippen MR) is 119 cm³/mol. The molecule has 1 aromatic rings. The lowest BCUT2D eigenvalue weighted by Crippen LogP contribution is -2.19. The van der Waals surface area contributed by atoms with Gasteiger partial charge in [0.15, 0.2) is 6.10 Å². The van der Waals surface area contributed by atoms with Crippen LogP contribution in [0.25, 0.3) is 0 Å². The first-order chi connectivity index (χ1) is 14.1. The van der Waals surface area contributed by atoms with Gasteiger partial charge in [-0.25, -0.2) is 4.79 Å². The molecule has 0 saturated heterocycles. The van der Waals surface area contributed by atoms with Crippen molar-refractivity contribution in [3.63, 3.8) is 0 Å². The zero-order chi connectivity index (χ0) is 21.2. The maximum Gasteiger partial charge on any atom is 0.332 e. The van der Waals surface area contributed by atoms with E-state index in [0.717, 1.165) is 32.1 Å². The molecule has 2 N–H and O–H groups in total. The minimum absolute atomic E-state index is 0.264. The number of benzene rings is 1. The Bertz CT molecular complexity index is 503. The average molecular weight is 407 g/mol. The van der Waals surface area contributed by atoms with Gasteiger partial charge < -0.3 is 14.9 Å². The molecule has 4 heteroatoms. The molecule has 0 bridgehead atoms. The van der Waals surface area contributed by atoms with Gasteiger partial charge in [0.2, 0.25) is 0 Å². The molecule has 0 aliphatic rings. The molecule has 0 fully saturated rings. The standard InChI is InChI=1S/C25H42O4/c1-2-3-4-5-6-7-8-13-18-23(29-21-22-16-11-9-12-17-22)19-14-10-15-20-24(26)25(27)28/h9,11-12,16-17,23-24,26H,2-8,10,13-15,18-21H2,1H3,(H,27,28). The number of aliphatic hydroxyl groups is 1. The van der Waals surface area contributed by atoms with Crippen LogP contribution in [0, 0.1) is 0 Å². The Hall–Kier alpha value is -1.39. The fraction of sp³-hybridized carbons (Fsp3) is 0.720. The summed E-state index contributed by atoms with van der Waals surface area (Å²) < 4.78 is 6.21. The van der Waals surface area contributed by atoms with Crippen LogP contribution in [0.3, 0.4) is 0 Å². The van der Waals surface area contributed by atoms with Crippen LogP contribution < -0.4 is 0 Å². The molecule has 0 spiro atoms. The van der Waals surface area contributed by atoms with Crippen molar-refractivity contribution in [2.45, 2.75) is 116 Å². The van der Waals surface area contributed by atoms with Gasteiger partial charge in [0.25, 0.3) is 0 Å². The van der Waals surface area contributed by atoms with Gasteiger partial charge in [-0.1, -0.05) is 108 Å². The molecule has 166 valence electrons. The second-order valence-electron chi connectivity index (χ2n) is 8.17. The third-order valence-corrected chi connectivity index (χ3v) is 5.50. The molecule has 29 heavy (non-hydrogen) atoms. The fourth-order valence-corrected chi connectivity index (χ4v) is 3.62. The zero-order valence-electron chi connectivity index (χ0n) is 18.4. The molecule has 4 nitrogen and oxygen atoms in total. The van der Waals surface area contributed by atoms with Crippen LogP contribution in [0.4, 0.5) is 0 Å². The van der Waals surface area contributed by atoms with E-state index >= 15 is 0 Å². The van der Waals surface area contributed by atoms with E-state index in [0.29, 0.717) is 13.0 Å². The number of carboxylic acids is 1. The topological polar surface area (TPSA) is 66.8 Å². The van der Waals surface area contributed by atoms with Crippen molar-refractivity contribution < 1.29 is 19.7 Å². The molecule has 0 aromatic heterocycles. The third kappa shape index (κ3) is 14.3. The molecule has 0 aliphatic carbocycles. The summed E-state index contributed by atoms with van der Waals surface area (Å²) in [6.07, 6.45) is 14.7. The average Bonchev–Trinajstić information content (AvgIpc) is 2.73. The molecular formula is C25H42O4. The molecule has 1 aromatic carbocycles. The Kier molecular flexibility index (Phi) is 15.4. The highest BCUT2D eigenvalue weighted by molar-refractivity contribution is 5.71. The van der Waals surface area contributed by atoms with Crippen LogP contribution in [-0.4, -0.2) is 28.4 Å². The summed E-state index contributed by atoms with van der Waals surface area (Å²) in [5, 5.41) is 18.1. The van der Waals surface area contributed by atoms with Gasteiger partial charge in [-0.2, -0.15) is 0 Å².